The normalized spacial score (nSPS) is 33.9. The largest absolute Gasteiger partial charge is 0.505 e. The summed E-state index contributed by atoms with van der Waals surface area (Å²) in [5, 5.41) is 54.3. The lowest BCUT2D eigenvalue weighted by Crippen LogP contribution is -2.70. The summed E-state index contributed by atoms with van der Waals surface area (Å²) in [5.74, 6) is -7.39. The highest BCUT2D eigenvalue weighted by atomic mass is 19.1. The molecular weight excluding hydrogens is 978 g/mol. The zero-order valence-electron chi connectivity index (χ0n) is 45.4. The zero-order valence-corrected chi connectivity index (χ0v) is 45.4. The highest BCUT2D eigenvalue weighted by molar-refractivity contribution is 5.93. The number of rotatable bonds is 14. The van der Waals surface area contributed by atoms with E-state index in [9.17, 15) is 53.6 Å². The number of hydrogen-bond acceptors (Lipinski definition) is 13. The summed E-state index contributed by atoms with van der Waals surface area (Å²) in [6.07, 6.45) is 15.0. The number of aliphatic hydroxyl groups is 3. The molecule has 17 nitrogen and oxygen atoms in total. The van der Waals surface area contributed by atoms with E-state index in [0.29, 0.717) is 37.7 Å². The second kappa shape index (κ2) is 26.7. The number of fused-ring (bicyclic) bond motifs is 2. The summed E-state index contributed by atoms with van der Waals surface area (Å²) in [6, 6.07) is -0.668. The second-order valence-corrected chi connectivity index (χ2v) is 22.2. The number of nitrogens with one attached hydrogen (secondary N) is 4. The summed E-state index contributed by atoms with van der Waals surface area (Å²) in [6.45, 7) is 14.3. The number of Topliss-reactive ketones (excluding diaryl/α,β-unsaturated/α-hetero) is 1. The van der Waals surface area contributed by atoms with Crippen LogP contribution in [0.2, 0.25) is 0 Å². The third-order valence-corrected chi connectivity index (χ3v) is 16.2. The van der Waals surface area contributed by atoms with Crippen LogP contribution >= 0.6 is 0 Å². The van der Waals surface area contributed by atoms with E-state index in [0.717, 1.165) is 37.0 Å². The Bertz CT molecular complexity index is 2420. The van der Waals surface area contributed by atoms with E-state index < -0.39 is 101 Å². The Morgan fingerprint density at radius 3 is 2.47 bits per heavy atom. The Labute approximate surface area is 446 Å². The van der Waals surface area contributed by atoms with Crippen LogP contribution in [0.4, 0.5) is 4.39 Å². The molecule has 1 aliphatic carbocycles. The molecule has 2 saturated heterocycles. The predicted octanol–water partition coefficient (Wildman–Crippen LogP) is 5.99. The molecular formula is C58H82FN5O12. The number of aromatic hydroxyl groups is 1. The van der Waals surface area contributed by atoms with Gasteiger partial charge in [-0.05, 0) is 106 Å². The lowest BCUT2D eigenvalue weighted by molar-refractivity contribution is -0.205. The van der Waals surface area contributed by atoms with E-state index >= 15 is 0 Å². The van der Waals surface area contributed by atoms with Crippen molar-refractivity contribution in [3.05, 3.63) is 89.3 Å². The fourth-order valence-corrected chi connectivity index (χ4v) is 10.9. The molecule has 1 aromatic carbocycles. The quantitative estimate of drug-likeness (QED) is 0.0607. The van der Waals surface area contributed by atoms with Crippen LogP contribution in [0, 0.1) is 47.2 Å². The number of halogens is 1. The van der Waals surface area contributed by atoms with E-state index in [1.54, 1.807) is 39.0 Å². The molecule has 6 rings (SSSR count). The summed E-state index contributed by atoms with van der Waals surface area (Å²) in [7, 11) is 0. The summed E-state index contributed by atoms with van der Waals surface area (Å²) in [4.78, 5) is 81.8. The van der Waals surface area contributed by atoms with Crippen molar-refractivity contribution >= 4 is 35.4 Å². The van der Waals surface area contributed by atoms with Crippen molar-refractivity contribution in [3.8, 4) is 5.75 Å². The van der Waals surface area contributed by atoms with E-state index in [1.807, 2.05) is 39.0 Å². The number of aliphatic hydroxyl groups excluding tert-OH is 3. The van der Waals surface area contributed by atoms with Crippen molar-refractivity contribution in [3.63, 3.8) is 0 Å². The molecule has 3 fully saturated rings. The van der Waals surface area contributed by atoms with Crippen LogP contribution in [0.15, 0.2) is 78.0 Å². The highest BCUT2D eigenvalue weighted by Gasteiger charge is 2.60. The van der Waals surface area contributed by atoms with Crippen molar-refractivity contribution in [2.24, 2.45) is 41.4 Å². The van der Waals surface area contributed by atoms with Crippen LogP contribution in [0.5, 0.6) is 5.75 Å². The van der Waals surface area contributed by atoms with Crippen LogP contribution in [0.3, 0.4) is 0 Å². The molecule has 1 spiro atoms. The Morgan fingerprint density at radius 2 is 1.78 bits per heavy atom. The van der Waals surface area contributed by atoms with Gasteiger partial charge in [0, 0.05) is 49.5 Å². The van der Waals surface area contributed by atoms with Gasteiger partial charge in [-0.1, -0.05) is 96.2 Å². The number of amides is 4. The minimum Gasteiger partial charge on any atom is -0.505 e. The van der Waals surface area contributed by atoms with Gasteiger partial charge in [-0.15, -0.1) is 0 Å². The molecule has 8 N–H and O–H groups in total. The minimum absolute atomic E-state index is 0.00439. The molecule has 76 heavy (non-hydrogen) atoms. The number of benzene rings is 1. The molecule has 5 aliphatic rings. The number of carbonyl (C=O) groups is 6. The van der Waals surface area contributed by atoms with Gasteiger partial charge >= 0.3 is 5.97 Å². The fraction of sp³-hybridized carbons (Fsp3) is 0.621. The Balaban J connectivity index is 1.19. The van der Waals surface area contributed by atoms with E-state index in [2.05, 4.69) is 34.4 Å². The SMILES string of the molecule is CC[C@H]1C[C@@H]2CC3=C[C@@H](C)[C@H](C[C@H](O)[C@@H](C)CC/C=C/C=C(\C)[C@@H]4C/C=C/C=C/[C@H](O)[C@H](C)[C@@H](O)[C@@H](CCC(C)=O)C(=O)N[C@@H](C(C)C)C(=O)NC(c5ccc(F)c(O)c5)C(=O)N5CCCC(N5)C(=O)O4)O[C@@]32NC1=O. The number of nitrogens with zero attached hydrogens (tertiary/aromatic N) is 1. The molecule has 4 amide bonds. The van der Waals surface area contributed by atoms with Crippen LogP contribution in [-0.2, 0) is 38.2 Å². The van der Waals surface area contributed by atoms with Crippen LogP contribution in [0.1, 0.15) is 138 Å². The Morgan fingerprint density at radius 1 is 1.03 bits per heavy atom. The van der Waals surface area contributed by atoms with Gasteiger partial charge < -0.3 is 50.6 Å². The molecule has 2 unspecified atom stereocenters. The summed E-state index contributed by atoms with van der Waals surface area (Å²) in [5.41, 5.74) is 4.06. The van der Waals surface area contributed by atoms with Crippen LogP contribution in [-0.4, -0.2) is 116 Å². The molecule has 418 valence electrons. The average Bonchev–Trinajstić information content (AvgIpc) is 3.38. The van der Waals surface area contributed by atoms with Crippen molar-refractivity contribution in [2.45, 2.75) is 180 Å². The van der Waals surface area contributed by atoms with Gasteiger partial charge in [0.15, 0.2) is 17.3 Å². The van der Waals surface area contributed by atoms with E-state index in [1.165, 1.54) is 24.1 Å². The molecule has 0 radical (unpaired) electrons. The molecule has 1 saturated carbocycles. The molecule has 2 bridgehead atoms. The van der Waals surface area contributed by atoms with E-state index in [4.69, 9.17) is 9.47 Å². The van der Waals surface area contributed by atoms with Crippen molar-refractivity contribution in [1.29, 1.82) is 0 Å². The molecule has 1 aromatic rings. The van der Waals surface area contributed by atoms with Crippen LogP contribution in [0.25, 0.3) is 0 Å². The number of esters is 1. The lowest BCUT2D eigenvalue weighted by Gasteiger charge is -2.59. The number of ether oxygens (including phenoxy) is 2. The topological polar surface area (TPSA) is 253 Å². The molecule has 4 heterocycles. The van der Waals surface area contributed by atoms with Crippen LogP contribution < -0.4 is 21.4 Å². The van der Waals surface area contributed by atoms with Crippen molar-refractivity contribution < 1.29 is 63.1 Å². The number of hydrazine groups is 1. The molecule has 18 heteroatoms. The van der Waals surface area contributed by atoms with Gasteiger partial charge in [-0.25, -0.2) is 9.82 Å². The summed E-state index contributed by atoms with van der Waals surface area (Å²) >= 11 is 0. The number of hydrogen-bond donors (Lipinski definition) is 8. The number of piperidine rings is 1. The second-order valence-electron chi connectivity index (χ2n) is 22.2. The number of allylic oxidation sites excluding steroid dienone is 5. The zero-order chi connectivity index (χ0) is 55.6. The average molecular weight is 1060 g/mol. The van der Waals surface area contributed by atoms with Crippen molar-refractivity contribution in [1.82, 2.24) is 26.4 Å². The Kier molecular flexibility index (Phi) is 21.0. The van der Waals surface area contributed by atoms with E-state index in [-0.39, 0.29) is 72.8 Å². The monoisotopic (exact) mass is 1060 g/mol. The maximum Gasteiger partial charge on any atom is 0.325 e. The van der Waals surface area contributed by atoms with Gasteiger partial charge in [0.2, 0.25) is 17.7 Å². The van der Waals surface area contributed by atoms with Gasteiger partial charge in [0.25, 0.3) is 5.91 Å². The van der Waals surface area contributed by atoms with Crippen molar-refractivity contribution in [2.75, 3.05) is 6.54 Å². The minimum atomic E-state index is -1.55. The number of phenolic OH excluding ortho intramolecular Hbond substituents is 1. The first-order chi connectivity index (χ1) is 36.0. The lowest BCUT2D eigenvalue weighted by atomic mass is 9.62. The fourth-order valence-electron chi connectivity index (χ4n) is 10.9. The van der Waals surface area contributed by atoms with Gasteiger partial charge in [-0.3, -0.25) is 29.0 Å². The highest BCUT2D eigenvalue weighted by Crippen LogP contribution is 2.54. The summed E-state index contributed by atoms with van der Waals surface area (Å²) < 4.78 is 27.2. The third kappa shape index (κ3) is 14.5. The van der Waals surface area contributed by atoms with Gasteiger partial charge in [0.1, 0.15) is 30.0 Å². The first-order valence-electron chi connectivity index (χ1n) is 27.3. The van der Waals surface area contributed by atoms with Gasteiger partial charge in [-0.2, -0.15) is 0 Å². The number of cyclic esters (lactones) is 1. The maximum absolute atomic E-state index is 14.5. The van der Waals surface area contributed by atoms with Gasteiger partial charge in [0.05, 0.1) is 30.3 Å². The molecule has 4 aliphatic heterocycles. The number of ketones is 1. The predicted molar refractivity (Wildman–Crippen MR) is 282 cm³/mol. The number of phenols is 1. The molecule has 0 aromatic heterocycles. The molecule has 15 atom stereocenters. The maximum atomic E-state index is 14.5. The standard InChI is InChI=1S/C58H82FN5O12/c1-9-38-28-41-30-40-27-35(6)49(76-58(40,41)62-53(38)70)31-46(67)33(4)17-12-10-13-18-34(5)48-21-15-11-14-20-45(66)37(8)52(69)42(24-22-36(7)65)54(71)60-50(32(2)3)55(72)61-51(39-23-25-43(59)47(68)29-39)56(73)64-26-16-19-44(63-64)57(74)75-48/h10-11,13-15,18,20,23,25,27,29,32-33,35,37-38,41-42,44-46,48-52,63,66-69H,9,12,16-17,19,21-22,24,26,28,30-31H2,1-8H3,(H,60,71)(H,61,72)(H,62,70)/b13-10+,15-11+,20-14+,34-18+/t33-,35+,37-,38-,41+,42+,44?,45-,46-,48-,49-,50-,51?,52+,58-/m0/s1. The first kappa shape index (κ1) is 59.7. The smallest absolute Gasteiger partial charge is 0.325 e. The number of carbonyl (C=O) groups excluding carboxylic acids is 6. The third-order valence-electron chi connectivity index (χ3n) is 16.2. The Hall–Kier alpha value is -5.53. The first-order valence-corrected chi connectivity index (χ1v) is 27.3.